The minimum Gasteiger partial charge on any atom is -0.486 e. The molecule has 0 aromatic heterocycles. The minimum absolute atomic E-state index is 0.0317. The van der Waals surface area contributed by atoms with E-state index in [-0.39, 0.29) is 12.4 Å². The van der Waals surface area contributed by atoms with E-state index in [1.165, 1.54) is 51.1 Å². The lowest BCUT2D eigenvalue weighted by Crippen LogP contribution is -2.06. The van der Waals surface area contributed by atoms with E-state index < -0.39 is 16.6 Å². The number of carbonyl (C=O) groups excluding carboxylic acids is 1. The standard InChI is InChI=1S/C15H13FO3S.C4H9N/c1-11(17)10-19-13-5-3-7-15(9-13)20(18)14-6-2-4-12(16)8-14;1-2-4-5-3-1/h2-9H,10H2,1H3;5H,1-4H2. The summed E-state index contributed by atoms with van der Waals surface area (Å²) in [4.78, 5) is 11.7. The van der Waals surface area contributed by atoms with Gasteiger partial charge in [0.15, 0.2) is 5.78 Å². The van der Waals surface area contributed by atoms with Crippen LogP contribution in [0.5, 0.6) is 5.75 Å². The summed E-state index contributed by atoms with van der Waals surface area (Å²) in [6.07, 6.45) is 2.78. The van der Waals surface area contributed by atoms with Crippen molar-refractivity contribution in [2.24, 2.45) is 0 Å². The third-order valence-electron chi connectivity index (χ3n) is 3.43. The first-order valence-corrected chi connectivity index (χ1v) is 9.31. The molecule has 1 saturated heterocycles. The van der Waals surface area contributed by atoms with Crippen molar-refractivity contribution in [1.29, 1.82) is 0 Å². The first-order chi connectivity index (χ1) is 12.1. The van der Waals surface area contributed by atoms with E-state index in [2.05, 4.69) is 5.32 Å². The number of rotatable bonds is 5. The number of hydrogen-bond acceptors (Lipinski definition) is 4. The maximum Gasteiger partial charge on any atom is 0.167 e. The monoisotopic (exact) mass is 363 g/mol. The molecule has 0 aliphatic carbocycles. The Balaban J connectivity index is 0.000000386. The van der Waals surface area contributed by atoms with E-state index in [4.69, 9.17) is 4.74 Å². The van der Waals surface area contributed by atoms with Crippen LogP contribution in [0.1, 0.15) is 19.8 Å². The van der Waals surface area contributed by atoms with Crippen molar-refractivity contribution in [2.45, 2.75) is 29.6 Å². The molecule has 1 fully saturated rings. The lowest BCUT2D eigenvalue weighted by molar-refractivity contribution is -0.118. The summed E-state index contributed by atoms with van der Waals surface area (Å²) in [7, 11) is -1.49. The molecule has 1 N–H and O–H groups in total. The molecule has 134 valence electrons. The molecule has 25 heavy (non-hydrogen) atoms. The zero-order valence-electron chi connectivity index (χ0n) is 14.2. The normalized spacial score (nSPS) is 14.3. The van der Waals surface area contributed by atoms with Crippen molar-refractivity contribution in [3.63, 3.8) is 0 Å². The molecule has 1 aliphatic heterocycles. The van der Waals surface area contributed by atoms with Gasteiger partial charge in [-0.1, -0.05) is 12.1 Å². The molecule has 0 bridgehead atoms. The Kier molecular flexibility index (Phi) is 7.76. The zero-order valence-corrected chi connectivity index (χ0v) is 15.0. The summed E-state index contributed by atoms with van der Waals surface area (Å²) < 4.78 is 30.7. The zero-order chi connectivity index (χ0) is 18.1. The van der Waals surface area contributed by atoms with Crippen LogP contribution in [-0.2, 0) is 15.6 Å². The number of benzene rings is 2. The maximum absolute atomic E-state index is 13.1. The molecule has 3 rings (SSSR count). The fourth-order valence-electron chi connectivity index (χ4n) is 2.21. The van der Waals surface area contributed by atoms with Crippen molar-refractivity contribution in [2.75, 3.05) is 19.7 Å². The molecule has 1 aliphatic rings. The van der Waals surface area contributed by atoms with Gasteiger partial charge in [0.05, 0.1) is 10.8 Å². The third kappa shape index (κ3) is 6.76. The first kappa shape index (κ1) is 19.3. The molecule has 6 heteroatoms. The molecular weight excluding hydrogens is 341 g/mol. The Labute approximate surface area is 149 Å². The van der Waals surface area contributed by atoms with E-state index in [9.17, 15) is 13.4 Å². The van der Waals surface area contributed by atoms with Crippen molar-refractivity contribution in [3.8, 4) is 5.75 Å². The summed E-state index contributed by atoms with van der Waals surface area (Å²) in [5.41, 5.74) is 0. The smallest absolute Gasteiger partial charge is 0.167 e. The molecule has 1 heterocycles. The molecule has 2 aromatic carbocycles. The van der Waals surface area contributed by atoms with E-state index in [0.717, 1.165) is 0 Å². The van der Waals surface area contributed by atoms with Gasteiger partial charge in [-0.25, -0.2) is 8.60 Å². The van der Waals surface area contributed by atoms with Crippen molar-refractivity contribution < 1.29 is 18.1 Å². The maximum atomic E-state index is 13.1. The van der Waals surface area contributed by atoms with Crippen LogP contribution in [0.4, 0.5) is 4.39 Å². The van der Waals surface area contributed by atoms with Gasteiger partial charge in [0.2, 0.25) is 0 Å². The van der Waals surface area contributed by atoms with Crippen molar-refractivity contribution in [3.05, 3.63) is 54.3 Å². The quantitative estimate of drug-likeness (QED) is 0.885. The van der Waals surface area contributed by atoms with Crippen LogP contribution in [0.15, 0.2) is 58.3 Å². The largest absolute Gasteiger partial charge is 0.486 e. The van der Waals surface area contributed by atoms with Gasteiger partial charge in [-0.2, -0.15) is 0 Å². The number of nitrogens with one attached hydrogen (secondary N) is 1. The van der Waals surface area contributed by atoms with Gasteiger partial charge < -0.3 is 10.1 Å². The fourth-order valence-corrected chi connectivity index (χ4v) is 3.33. The van der Waals surface area contributed by atoms with Crippen molar-refractivity contribution >= 4 is 16.6 Å². The highest BCUT2D eigenvalue weighted by atomic mass is 32.2. The Hall–Kier alpha value is -2.05. The Morgan fingerprint density at radius 3 is 2.32 bits per heavy atom. The van der Waals surface area contributed by atoms with Crippen molar-refractivity contribution in [1.82, 2.24) is 5.32 Å². The van der Waals surface area contributed by atoms with Gasteiger partial charge in [-0.3, -0.25) is 4.79 Å². The topological polar surface area (TPSA) is 55.4 Å². The third-order valence-corrected chi connectivity index (χ3v) is 4.79. The van der Waals surface area contributed by atoms with E-state index in [1.54, 1.807) is 30.3 Å². The SMILES string of the molecule is C1CCNC1.CC(=O)COc1cccc(S(=O)c2cccc(F)c2)c1. The Bertz CT molecular complexity index is 725. The van der Waals surface area contributed by atoms with E-state index in [1.807, 2.05) is 0 Å². The molecule has 4 nitrogen and oxygen atoms in total. The number of ether oxygens (including phenoxy) is 1. The van der Waals surface area contributed by atoms with E-state index in [0.29, 0.717) is 15.5 Å². The van der Waals surface area contributed by atoms with Crippen LogP contribution in [0.25, 0.3) is 0 Å². The second kappa shape index (κ2) is 10.1. The Morgan fingerprint density at radius 1 is 1.12 bits per heavy atom. The summed E-state index contributed by atoms with van der Waals surface area (Å²) in [5, 5.41) is 3.22. The molecule has 1 atom stereocenters. The van der Waals surface area contributed by atoms with Gasteiger partial charge in [0.25, 0.3) is 0 Å². The van der Waals surface area contributed by atoms with Crippen LogP contribution in [0.3, 0.4) is 0 Å². The number of hydrogen-bond donors (Lipinski definition) is 1. The van der Waals surface area contributed by atoms with Crippen LogP contribution >= 0.6 is 0 Å². The lowest BCUT2D eigenvalue weighted by atomic mass is 10.3. The first-order valence-electron chi connectivity index (χ1n) is 8.16. The van der Waals surface area contributed by atoms with Crippen LogP contribution in [0.2, 0.25) is 0 Å². The summed E-state index contributed by atoms with van der Waals surface area (Å²) in [6.45, 7) is 3.89. The number of Topliss-reactive ketones (excluding diaryl/α,β-unsaturated/α-hetero) is 1. The van der Waals surface area contributed by atoms with Gasteiger partial charge in [-0.05, 0) is 69.3 Å². The predicted octanol–water partition coefficient (Wildman–Crippen LogP) is 3.33. The highest BCUT2D eigenvalue weighted by molar-refractivity contribution is 7.85. The highest BCUT2D eigenvalue weighted by Crippen LogP contribution is 2.21. The highest BCUT2D eigenvalue weighted by Gasteiger charge is 2.09. The second-order valence-electron chi connectivity index (χ2n) is 5.65. The van der Waals surface area contributed by atoms with Crippen LogP contribution in [0, 0.1) is 5.82 Å². The molecule has 0 radical (unpaired) electrons. The fraction of sp³-hybridized carbons (Fsp3) is 0.316. The molecule has 0 spiro atoms. The van der Waals surface area contributed by atoms with Gasteiger partial charge in [0, 0.05) is 9.79 Å². The van der Waals surface area contributed by atoms with Gasteiger partial charge in [-0.15, -0.1) is 0 Å². The van der Waals surface area contributed by atoms with Gasteiger partial charge in [0.1, 0.15) is 18.2 Å². The Morgan fingerprint density at radius 2 is 1.76 bits per heavy atom. The lowest BCUT2D eigenvalue weighted by Gasteiger charge is -2.07. The second-order valence-corrected chi connectivity index (χ2v) is 7.13. The summed E-state index contributed by atoms with van der Waals surface area (Å²) >= 11 is 0. The number of ketones is 1. The summed E-state index contributed by atoms with van der Waals surface area (Å²) in [5.74, 6) is -0.0658. The number of carbonyl (C=O) groups is 1. The summed E-state index contributed by atoms with van der Waals surface area (Å²) in [6, 6.07) is 12.3. The van der Waals surface area contributed by atoms with Crippen LogP contribution in [-0.4, -0.2) is 29.7 Å². The minimum atomic E-state index is -1.49. The molecule has 1 unspecified atom stereocenters. The van der Waals surface area contributed by atoms with E-state index >= 15 is 0 Å². The molecule has 0 amide bonds. The number of halogens is 1. The molecule has 2 aromatic rings. The van der Waals surface area contributed by atoms with Gasteiger partial charge >= 0.3 is 0 Å². The molecular formula is C19H22FNO3S. The predicted molar refractivity (Wildman–Crippen MR) is 95.8 cm³/mol. The average Bonchev–Trinajstić information content (AvgIpc) is 3.19. The average molecular weight is 363 g/mol. The molecule has 0 saturated carbocycles. The van der Waals surface area contributed by atoms with Crippen LogP contribution < -0.4 is 10.1 Å².